The molecule has 3 rings (SSSR count). The van der Waals surface area contributed by atoms with Gasteiger partial charge in [-0.3, -0.25) is 9.69 Å². The molecule has 0 radical (unpaired) electrons. The van der Waals surface area contributed by atoms with Crippen LogP contribution in [0.5, 0.6) is 0 Å². The average molecular weight is 486 g/mol. The van der Waals surface area contributed by atoms with Crippen molar-refractivity contribution in [1.82, 2.24) is 15.7 Å². The zero-order chi connectivity index (χ0) is 24.7. The van der Waals surface area contributed by atoms with Gasteiger partial charge in [-0.1, -0.05) is 49.7 Å². The molecule has 0 saturated carbocycles. The molecular formula is C25H32ClN5O3. The smallest absolute Gasteiger partial charge is 0.260 e. The number of likely N-dealkylation sites (N-methyl/N-ethyl adjacent to an activating group) is 1. The van der Waals surface area contributed by atoms with E-state index in [-0.39, 0.29) is 12.1 Å². The molecule has 2 heterocycles. The molecule has 0 saturated heterocycles. The highest BCUT2D eigenvalue weighted by Gasteiger charge is 2.31. The summed E-state index contributed by atoms with van der Waals surface area (Å²) in [5.74, 6) is 1.39. The zero-order valence-corrected chi connectivity index (χ0v) is 20.9. The van der Waals surface area contributed by atoms with Gasteiger partial charge in [0.1, 0.15) is 18.4 Å². The van der Waals surface area contributed by atoms with Gasteiger partial charge in [-0.05, 0) is 39.3 Å². The first-order valence-electron chi connectivity index (χ1n) is 11.5. The van der Waals surface area contributed by atoms with Crippen LogP contribution in [-0.2, 0) is 14.4 Å². The number of nitrogens with zero attached hydrogens (tertiary/aromatic N) is 3. The molecule has 0 spiro atoms. The molecule has 1 atom stereocenters. The fourth-order valence-electron chi connectivity index (χ4n) is 3.51. The second-order valence-electron chi connectivity index (χ2n) is 7.81. The largest absolute Gasteiger partial charge is 0.361 e. The predicted octanol–water partition coefficient (Wildman–Crippen LogP) is 4.39. The first kappa shape index (κ1) is 25.7. The zero-order valence-electron chi connectivity index (χ0n) is 20.2. The van der Waals surface area contributed by atoms with Crippen LogP contribution >= 0.6 is 11.6 Å². The number of hydrogen-bond acceptors (Lipinski definition) is 7. The molecule has 1 amide bonds. The third kappa shape index (κ3) is 5.94. The van der Waals surface area contributed by atoms with Crippen LogP contribution in [0.4, 0.5) is 0 Å². The van der Waals surface area contributed by atoms with Gasteiger partial charge in [-0.2, -0.15) is 0 Å². The molecule has 0 aromatic heterocycles. The van der Waals surface area contributed by atoms with E-state index in [0.29, 0.717) is 53.5 Å². The molecule has 0 aliphatic carbocycles. The van der Waals surface area contributed by atoms with Crippen LogP contribution in [0.3, 0.4) is 0 Å². The molecule has 0 bridgehead atoms. The van der Waals surface area contributed by atoms with Crippen LogP contribution in [0.25, 0.3) is 5.57 Å². The number of unbranched alkanes of at least 4 members (excludes halogenated alkanes) is 1. The number of carbonyl (C=O) groups is 1. The number of amidine groups is 2. The Morgan fingerprint density at radius 3 is 2.85 bits per heavy atom. The van der Waals surface area contributed by atoms with Crippen molar-refractivity contribution in [2.75, 3.05) is 19.9 Å². The van der Waals surface area contributed by atoms with Crippen LogP contribution in [0.15, 0.2) is 58.3 Å². The van der Waals surface area contributed by atoms with Crippen molar-refractivity contribution in [2.24, 2.45) is 9.98 Å². The number of benzene rings is 1. The summed E-state index contributed by atoms with van der Waals surface area (Å²) in [6.07, 6.45) is 5.53. The summed E-state index contributed by atoms with van der Waals surface area (Å²) in [6.45, 7) is 13.1. The van der Waals surface area contributed by atoms with E-state index in [1.807, 2.05) is 45.1 Å². The molecular weight excluding hydrogens is 454 g/mol. The molecule has 2 aliphatic rings. The highest BCUT2D eigenvalue weighted by molar-refractivity contribution is 6.37. The number of aliphatic imine (C=N–C) groups is 2. The van der Waals surface area contributed by atoms with E-state index < -0.39 is 0 Å². The van der Waals surface area contributed by atoms with Crippen molar-refractivity contribution in [1.29, 1.82) is 0 Å². The van der Waals surface area contributed by atoms with E-state index in [4.69, 9.17) is 21.2 Å². The molecule has 1 aromatic rings. The summed E-state index contributed by atoms with van der Waals surface area (Å²) < 4.78 is 5.52. The number of hydrogen-bond donors (Lipinski definition) is 2. The predicted molar refractivity (Wildman–Crippen MR) is 136 cm³/mol. The third-order valence-corrected chi connectivity index (χ3v) is 5.66. The Morgan fingerprint density at radius 1 is 1.44 bits per heavy atom. The fraction of sp³-hybridized carbons (Fsp3) is 0.400. The van der Waals surface area contributed by atoms with E-state index in [2.05, 4.69) is 34.3 Å². The molecule has 0 fully saturated rings. The van der Waals surface area contributed by atoms with Gasteiger partial charge in [-0.25, -0.2) is 20.3 Å². The number of hydroxylamine groups is 1. The van der Waals surface area contributed by atoms with Crippen molar-refractivity contribution < 1.29 is 14.4 Å². The van der Waals surface area contributed by atoms with E-state index >= 15 is 0 Å². The van der Waals surface area contributed by atoms with Crippen molar-refractivity contribution in [3.63, 3.8) is 0 Å². The van der Waals surface area contributed by atoms with Crippen LogP contribution in [0.1, 0.15) is 51.7 Å². The lowest BCUT2D eigenvalue weighted by atomic mass is 9.95. The number of allylic oxidation sites excluding steroid dienone is 1. The summed E-state index contributed by atoms with van der Waals surface area (Å²) in [5.41, 5.74) is 5.51. The summed E-state index contributed by atoms with van der Waals surface area (Å²) >= 11 is 6.62. The normalized spacial score (nSPS) is 20.4. The monoisotopic (exact) mass is 485 g/mol. The molecule has 2 N–H and O–H groups in total. The summed E-state index contributed by atoms with van der Waals surface area (Å²) in [4.78, 5) is 29.3. The first-order chi connectivity index (χ1) is 16.4. The minimum atomic E-state index is -0.267. The molecule has 1 unspecified atom stereocenters. The summed E-state index contributed by atoms with van der Waals surface area (Å²) in [7, 11) is 0. The summed E-state index contributed by atoms with van der Waals surface area (Å²) in [6, 6.07) is 5.46. The Balaban J connectivity index is 1.86. The van der Waals surface area contributed by atoms with Crippen LogP contribution in [0, 0.1) is 0 Å². The van der Waals surface area contributed by atoms with Crippen LogP contribution < -0.4 is 10.8 Å². The molecule has 2 aliphatic heterocycles. The van der Waals surface area contributed by atoms with Crippen molar-refractivity contribution in [3.8, 4) is 0 Å². The second kappa shape index (κ2) is 12.0. The van der Waals surface area contributed by atoms with Gasteiger partial charge in [0.2, 0.25) is 0 Å². The minimum Gasteiger partial charge on any atom is -0.361 e. The van der Waals surface area contributed by atoms with Gasteiger partial charge in [0.05, 0.1) is 0 Å². The van der Waals surface area contributed by atoms with Crippen LogP contribution in [-0.4, -0.2) is 48.6 Å². The quantitative estimate of drug-likeness (QED) is 0.379. The number of rotatable bonds is 10. The molecule has 1 aromatic carbocycles. The Labute approximate surface area is 206 Å². The van der Waals surface area contributed by atoms with E-state index in [9.17, 15) is 4.79 Å². The van der Waals surface area contributed by atoms with E-state index in [1.165, 1.54) is 0 Å². The van der Waals surface area contributed by atoms with Crippen molar-refractivity contribution >= 4 is 34.8 Å². The van der Waals surface area contributed by atoms with Gasteiger partial charge >= 0.3 is 0 Å². The molecule has 8 nitrogen and oxygen atoms in total. The third-order valence-electron chi connectivity index (χ3n) is 5.35. The number of carbonyl (C=O) groups excluding carboxylic acids is 1. The Kier molecular flexibility index (Phi) is 9.04. The van der Waals surface area contributed by atoms with Gasteiger partial charge in [0.25, 0.3) is 5.91 Å². The lowest BCUT2D eigenvalue weighted by molar-refractivity contribution is -0.121. The average Bonchev–Trinajstić information content (AvgIpc) is 3.26. The lowest BCUT2D eigenvalue weighted by Gasteiger charge is -2.30. The standard InChI is InChI=1S/C25H32ClN5O3/c1-6-9-12-33-15-27-16(4)28-24-18(7-2)13-21(25(32)31(24)8-3)20-11-10-19(14-22(20)26)23-29-17(5)34-30-23/h7,10-11,13-14,17,27H,4,6,8-9,12,15H2,1-3,5H3,(H,29,30)/b18-7-,28-24+. The van der Waals surface area contributed by atoms with E-state index in [0.717, 1.165) is 24.0 Å². The van der Waals surface area contributed by atoms with Gasteiger partial charge in [0.15, 0.2) is 12.1 Å². The maximum Gasteiger partial charge on any atom is 0.260 e. The van der Waals surface area contributed by atoms with Crippen LogP contribution in [0.2, 0.25) is 5.02 Å². The van der Waals surface area contributed by atoms with Crippen molar-refractivity contribution in [3.05, 3.63) is 64.5 Å². The molecule has 9 heteroatoms. The number of nitrogens with one attached hydrogen (secondary N) is 2. The Morgan fingerprint density at radius 2 is 2.24 bits per heavy atom. The first-order valence-corrected chi connectivity index (χ1v) is 11.9. The second-order valence-corrected chi connectivity index (χ2v) is 8.22. The Hall–Kier alpha value is -2.94. The minimum absolute atomic E-state index is 0.179. The number of halogens is 1. The number of ether oxygens (including phenoxy) is 1. The van der Waals surface area contributed by atoms with Gasteiger partial charge < -0.3 is 10.1 Å². The molecule has 182 valence electrons. The van der Waals surface area contributed by atoms with Gasteiger partial charge in [-0.15, -0.1) is 0 Å². The maximum atomic E-state index is 13.4. The topological polar surface area (TPSA) is 87.6 Å². The number of amides is 1. The summed E-state index contributed by atoms with van der Waals surface area (Å²) in [5, 5.41) is 3.49. The van der Waals surface area contributed by atoms with E-state index in [1.54, 1.807) is 11.0 Å². The highest BCUT2D eigenvalue weighted by Crippen LogP contribution is 2.32. The fourth-order valence-corrected chi connectivity index (χ4v) is 3.80. The molecule has 34 heavy (non-hydrogen) atoms. The van der Waals surface area contributed by atoms with Gasteiger partial charge in [0, 0.05) is 40.4 Å². The lowest BCUT2D eigenvalue weighted by Crippen LogP contribution is -2.41. The Bertz CT molecular complexity index is 1060. The van der Waals surface area contributed by atoms with Crippen molar-refractivity contribution in [2.45, 2.75) is 46.8 Å². The SMILES string of the molecule is C=C(/N=C1\C(=C/C)C=C(c2ccc(C3=NC(C)ON3)cc2Cl)C(=O)N1CC)NCOCCCC. The maximum absolute atomic E-state index is 13.4. The highest BCUT2D eigenvalue weighted by atomic mass is 35.5.